The minimum absolute atomic E-state index is 0.0675. The molecule has 0 rings (SSSR count). The van der Waals surface area contributed by atoms with E-state index in [1.165, 1.54) is 96.3 Å². The fraction of sp³-hybridized carbons (Fsp3) is 0.675. The number of rotatable bonds is 73. The van der Waals surface area contributed by atoms with E-state index in [-0.39, 0.29) is 19.3 Å². The number of esters is 3. The predicted octanol–water partition coefficient (Wildman–Crippen LogP) is 22.9. The van der Waals surface area contributed by atoms with Crippen LogP contribution in [0.3, 0.4) is 0 Å². The largest absolute Gasteiger partial charge is 0.472 e. The minimum Gasteiger partial charge on any atom is -0.463 e. The van der Waals surface area contributed by atoms with Gasteiger partial charge in [0, 0.05) is 19.3 Å². The van der Waals surface area contributed by atoms with Gasteiger partial charge in [0.05, 0.1) is 26.4 Å². The lowest BCUT2D eigenvalue weighted by atomic mass is 10.0. The van der Waals surface area contributed by atoms with Crippen LogP contribution in [0.1, 0.15) is 303 Å². The molecule has 16 nitrogen and oxygen atoms in total. The first kappa shape index (κ1) is 96.4. The topological polar surface area (TPSA) is 231 Å². The molecule has 101 heavy (non-hydrogen) atoms. The number of carbonyl (C=O) groups is 3. The van der Waals surface area contributed by atoms with Gasteiger partial charge in [-0.25, -0.2) is 9.13 Å². The quantitative estimate of drug-likeness (QED) is 0.0146. The lowest BCUT2D eigenvalue weighted by Gasteiger charge is -2.21. The number of phosphoric ester groups is 2. The molecule has 0 heterocycles. The first-order valence-corrected chi connectivity index (χ1v) is 42.1. The Morgan fingerprint density at radius 2 is 0.525 bits per heavy atom. The molecule has 4 N–H and O–H groups in total. The zero-order valence-corrected chi connectivity index (χ0v) is 64.8. The molecule has 0 radical (unpaired) electrons. The van der Waals surface area contributed by atoms with E-state index in [0.29, 0.717) is 19.3 Å². The Bertz CT molecular complexity index is 2420. The summed E-state index contributed by atoms with van der Waals surface area (Å²) in [5.41, 5.74) is 0. The van der Waals surface area contributed by atoms with Crippen molar-refractivity contribution in [3.63, 3.8) is 0 Å². The van der Waals surface area contributed by atoms with Crippen molar-refractivity contribution in [1.29, 1.82) is 0 Å². The molecule has 0 aromatic carbocycles. The number of hydrogen-bond donors (Lipinski definition) is 4. The first-order valence-electron chi connectivity index (χ1n) is 39.1. The van der Waals surface area contributed by atoms with Crippen LogP contribution in [0.5, 0.6) is 0 Å². The second kappa shape index (κ2) is 75.1. The van der Waals surface area contributed by atoms with Gasteiger partial charge in [-0.2, -0.15) is 0 Å². The van der Waals surface area contributed by atoms with Crippen molar-refractivity contribution in [2.24, 2.45) is 0 Å². The van der Waals surface area contributed by atoms with Gasteiger partial charge in [0.2, 0.25) is 0 Å². The Kier molecular flexibility index (Phi) is 71.7. The van der Waals surface area contributed by atoms with Gasteiger partial charge in [-0.05, 0) is 148 Å². The van der Waals surface area contributed by atoms with E-state index < -0.39 is 91.5 Å². The third kappa shape index (κ3) is 76.4. The summed E-state index contributed by atoms with van der Waals surface area (Å²) in [5, 5.41) is 20.6. The molecule has 18 heteroatoms. The first-order chi connectivity index (χ1) is 49.2. The maximum Gasteiger partial charge on any atom is 0.472 e. The highest BCUT2D eigenvalue weighted by Crippen LogP contribution is 2.45. The highest BCUT2D eigenvalue weighted by Gasteiger charge is 2.29. The summed E-state index contributed by atoms with van der Waals surface area (Å²) in [6.07, 6.45) is 91.7. The summed E-state index contributed by atoms with van der Waals surface area (Å²) >= 11 is 0. The van der Waals surface area contributed by atoms with Crippen LogP contribution in [0, 0.1) is 0 Å². The lowest BCUT2D eigenvalue weighted by Crippen LogP contribution is -2.30. The average molecular weight is 1460 g/mol. The summed E-state index contributed by atoms with van der Waals surface area (Å²) in [7, 11) is -9.81. The highest BCUT2D eigenvalue weighted by molar-refractivity contribution is 7.47. The SMILES string of the molecule is CC/C=C\C/C=C\C/C=C\C/C=C\CCCCCCC(=O)OC(COC(=O)CCCCCCC/C=C\C/C=C\C/C=C\C/C=C\CCCCC)COP(=O)(O)OCC(O)COP(=O)(O)OCC(O)COC(=O)CCCCCCCCCCCCC/C=C\C/C=C\C/C=C\C/C=C\CCCCC. The molecule has 5 atom stereocenters. The Hall–Kier alpha value is -4.57. The van der Waals surface area contributed by atoms with E-state index in [1.807, 2.05) is 0 Å². The summed E-state index contributed by atoms with van der Waals surface area (Å²) in [4.78, 5) is 58.6. The van der Waals surface area contributed by atoms with Gasteiger partial charge in [-0.15, -0.1) is 0 Å². The van der Waals surface area contributed by atoms with Gasteiger partial charge < -0.3 is 34.2 Å². The van der Waals surface area contributed by atoms with Gasteiger partial charge in [0.15, 0.2) is 6.10 Å². The molecule has 0 aliphatic carbocycles. The molecule has 0 bridgehead atoms. The number of aliphatic hydroxyl groups excluding tert-OH is 2. The molecule has 0 aliphatic heterocycles. The van der Waals surface area contributed by atoms with Crippen LogP contribution < -0.4 is 0 Å². The molecule has 0 spiro atoms. The van der Waals surface area contributed by atoms with E-state index in [1.54, 1.807) is 0 Å². The maximum atomic E-state index is 13.0. The van der Waals surface area contributed by atoms with Gasteiger partial charge >= 0.3 is 33.6 Å². The third-order valence-corrected chi connectivity index (χ3v) is 17.9. The van der Waals surface area contributed by atoms with Crippen LogP contribution in [0.25, 0.3) is 0 Å². The van der Waals surface area contributed by atoms with Gasteiger partial charge in [0.1, 0.15) is 25.4 Å². The van der Waals surface area contributed by atoms with Crippen LogP contribution in [0.15, 0.2) is 146 Å². The summed E-state index contributed by atoms with van der Waals surface area (Å²) in [6, 6.07) is 0. The summed E-state index contributed by atoms with van der Waals surface area (Å²) in [5.74, 6) is -1.63. The van der Waals surface area contributed by atoms with Gasteiger partial charge in [-0.3, -0.25) is 32.5 Å². The molecule has 0 aromatic heterocycles. The Morgan fingerprint density at radius 1 is 0.287 bits per heavy atom. The van der Waals surface area contributed by atoms with Crippen LogP contribution >= 0.6 is 15.6 Å². The molecule has 0 amide bonds. The molecule has 5 unspecified atom stereocenters. The molecule has 0 saturated carbocycles. The molecular formula is C83H140O16P2. The second-order valence-electron chi connectivity index (χ2n) is 25.8. The van der Waals surface area contributed by atoms with E-state index in [4.69, 9.17) is 32.3 Å². The number of ether oxygens (including phenoxy) is 3. The normalized spacial score (nSPS) is 14.8. The molecule has 0 fully saturated rings. The molecular weight excluding hydrogens is 1310 g/mol. The third-order valence-electron chi connectivity index (χ3n) is 16.0. The number of aliphatic hydroxyl groups is 2. The number of unbranched alkanes of at least 4 members (excludes halogenated alkanes) is 26. The zero-order valence-electron chi connectivity index (χ0n) is 63.0. The monoisotopic (exact) mass is 1450 g/mol. The average Bonchev–Trinajstić information content (AvgIpc) is 1.04. The fourth-order valence-electron chi connectivity index (χ4n) is 10.1. The zero-order chi connectivity index (χ0) is 73.7. The number of phosphoric acid groups is 2. The number of carbonyl (C=O) groups excluding carboxylic acids is 3. The predicted molar refractivity (Wildman–Crippen MR) is 417 cm³/mol. The van der Waals surface area contributed by atoms with Crippen molar-refractivity contribution in [2.45, 2.75) is 322 Å². The molecule has 0 saturated heterocycles. The van der Waals surface area contributed by atoms with E-state index >= 15 is 0 Å². The maximum absolute atomic E-state index is 13.0. The van der Waals surface area contributed by atoms with E-state index in [2.05, 4.69) is 167 Å². The molecule has 578 valence electrons. The standard InChI is InChI=1S/C83H140O16P2/c1-4-7-10-13-16-19-22-25-28-31-33-35-36-37-38-39-40-42-44-46-48-51-54-57-60-63-66-69-81(86)93-72-78(84)73-95-100(89,90)96-74-79(85)75-97-101(91,92)98-77-80(99-83(88)71-68-65-62-59-56-53-50-45-30-27-24-21-18-15-12-9-6-3)76-94-82(87)70-67-64-61-58-55-52-49-47-43-41-34-32-29-26-23-20-17-14-11-8-5-2/h9,12,16-21,25-30,33-35,37-38,41,47,49-50,53,78-80,84-85H,4-8,10-11,13-15,22-24,31-32,36,39-40,42-46,48,51-52,54-77H2,1-3H3,(H,89,90)(H,91,92)/b12-9-,19-16-,20-17-,21-18-,28-25-,29-26-,30-27-,35-33-,38-37-,41-34-,49-47-,53-50-. The summed E-state index contributed by atoms with van der Waals surface area (Å²) < 4.78 is 61.1. The van der Waals surface area contributed by atoms with Crippen molar-refractivity contribution in [2.75, 3.05) is 39.6 Å². The Morgan fingerprint density at radius 3 is 0.832 bits per heavy atom. The fourth-order valence-corrected chi connectivity index (χ4v) is 11.6. The smallest absolute Gasteiger partial charge is 0.463 e. The second-order valence-corrected chi connectivity index (χ2v) is 28.7. The number of hydrogen-bond acceptors (Lipinski definition) is 14. The van der Waals surface area contributed by atoms with Gasteiger partial charge in [0.25, 0.3) is 0 Å². The van der Waals surface area contributed by atoms with Crippen molar-refractivity contribution >= 4 is 33.6 Å². The highest BCUT2D eigenvalue weighted by atomic mass is 31.2. The van der Waals surface area contributed by atoms with Crippen molar-refractivity contribution in [3.8, 4) is 0 Å². The molecule has 0 aromatic rings. The van der Waals surface area contributed by atoms with Crippen molar-refractivity contribution < 1.29 is 75.8 Å². The van der Waals surface area contributed by atoms with Crippen LogP contribution in [-0.4, -0.2) is 95.9 Å². The van der Waals surface area contributed by atoms with Gasteiger partial charge in [-0.1, -0.05) is 282 Å². The van der Waals surface area contributed by atoms with E-state index in [0.717, 1.165) is 148 Å². The Labute approximate surface area is 613 Å². The van der Waals surface area contributed by atoms with Crippen LogP contribution in [0.2, 0.25) is 0 Å². The van der Waals surface area contributed by atoms with Crippen molar-refractivity contribution in [1.82, 2.24) is 0 Å². The lowest BCUT2D eigenvalue weighted by molar-refractivity contribution is -0.161. The van der Waals surface area contributed by atoms with Crippen LogP contribution in [-0.2, 0) is 55.8 Å². The Balaban J connectivity index is 4.64. The number of allylic oxidation sites excluding steroid dienone is 24. The van der Waals surface area contributed by atoms with Crippen molar-refractivity contribution in [3.05, 3.63) is 146 Å². The molecule has 0 aliphatic rings. The minimum atomic E-state index is -4.95. The summed E-state index contributed by atoms with van der Waals surface area (Å²) in [6.45, 7) is 2.45. The van der Waals surface area contributed by atoms with E-state index in [9.17, 15) is 43.5 Å². The van der Waals surface area contributed by atoms with Crippen LogP contribution in [0.4, 0.5) is 0 Å².